The Kier molecular flexibility index (Phi) is 5.88. The van der Waals surface area contributed by atoms with Crippen molar-refractivity contribution >= 4 is 29.9 Å². The van der Waals surface area contributed by atoms with Gasteiger partial charge in [-0.1, -0.05) is 18.6 Å². The second kappa shape index (κ2) is 7.78. The lowest BCUT2D eigenvalue weighted by molar-refractivity contribution is 0.0992. The maximum atomic E-state index is 13.2. The lowest BCUT2D eigenvalue weighted by Crippen LogP contribution is -2.52. The van der Waals surface area contributed by atoms with Gasteiger partial charge in [0.2, 0.25) is 0 Å². The van der Waals surface area contributed by atoms with Gasteiger partial charge in [-0.15, -0.1) is 24.0 Å². The lowest BCUT2D eigenvalue weighted by atomic mass is 9.64. The number of aliphatic imine (C=N–C) groups is 1. The van der Waals surface area contributed by atoms with E-state index in [1.807, 2.05) is 19.2 Å². The van der Waals surface area contributed by atoms with Gasteiger partial charge in [-0.05, 0) is 49.8 Å². The molecule has 0 aromatic heterocycles. The van der Waals surface area contributed by atoms with E-state index in [1.54, 1.807) is 12.1 Å². The van der Waals surface area contributed by atoms with Crippen molar-refractivity contribution in [3.63, 3.8) is 0 Å². The van der Waals surface area contributed by atoms with E-state index >= 15 is 0 Å². The summed E-state index contributed by atoms with van der Waals surface area (Å²) in [5.41, 5.74) is 1.33. The van der Waals surface area contributed by atoms with Crippen LogP contribution in [0, 0.1) is 5.82 Å². The third-order valence-corrected chi connectivity index (χ3v) is 6.01. The van der Waals surface area contributed by atoms with Gasteiger partial charge in [0.15, 0.2) is 5.96 Å². The summed E-state index contributed by atoms with van der Waals surface area (Å²) in [6, 6.07) is 7.36. The molecule has 1 aliphatic carbocycles. The molecular formula is C19H27FIN3O. The standard InChI is InChI=1S/C19H26FN3O.HI/c1-21-18(23-16-11-15-7-8-17(16)24-15)22-12-19(9-2-10-19)13-3-5-14(20)6-4-13;/h3-6,15-17H,2,7-12H2,1H3,(H2,21,22,23);1H. The smallest absolute Gasteiger partial charge is 0.191 e. The van der Waals surface area contributed by atoms with Crippen molar-refractivity contribution < 1.29 is 9.13 Å². The van der Waals surface area contributed by atoms with E-state index in [1.165, 1.54) is 18.4 Å². The van der Waals surface area contributed by atoms with Crippen LogP contribution in [0.3, 0.4) is 0 Å². The summed E-state index contributed by atoms with van der Waals surface area (Å²) in [5, 5.41) is 7.03. The zero-order chi connectivity index (χ0) is 16.6. The molecule has 2 heterocycles. The SMILES string of the molecule is CN=C(NCC1(c2ccc(F)cc2)CCC1)NC1CC2CCC1O2.I. The third kappa shape index (κ3) is 3.79. The molecule has 3 atom stereocenters. The molecule has 6 heteroatoms. The van der Waals surface area contributed by atoms with Crippen molar-refractivity contribution in [1.82, 2.24) is 10.6 Å². The summed E-state index contributed by atoms with van der Waals surface area (Å²) in [6.45, 7) is 0.833. The molecule has 4 nitrogen and oxygen atoms in total. The van der Waals surface area contributed by atoms with Crippen molar-refractivity contribution in [1.29, 1.82) is 0 Å². The molecule has 1 aromatic rings. The molecule has 4 rings (SSSR count). The van der Waals surface area contributed by atoms with Gasteiger partial charge in [-0.25, -0.2) is 4.39 Å². The maximum absolute atomic E-state index is 13.2. The number of ether oxygens (including phenoxy) is 1. The number of rotatable bonds is 4. The number of benzene rings is 1. The Labute approximate surface area is 166 Å². The Bertz CT molecular complexity index is 618. The van der Waals surface area contributed by atoms with Gasteiger partial charge >= 0.3 is 0 Å². The average Bonchev–Trinajstić information content (AvgIpc) is 3.17. The number of halogens is 2. The molecule has 1 saturated carbocycles. The van der Waals surface area contributed by atoms with Gasteiger partial charge in [-0.2, -0.15) is 0 Å². The summed E-state index contributed by atoms with van der Waals surface area (Å²) in [7, 11) is 1.81. The Balaban J connectivity index is 0.00000182. The molecular weight excluding hydrogens is 432 g/mol. The van der Waals surface area contributed by atoms with Gasteiger partial charge in [0.05, 0.1) is 18.2 Å². The van der Waals surface area contributed by atoms with E-state index in [0.29, 0.717) is 18.2 Å². The number of hydrogen-bond acceptors (Lipinski definition) is 2. The second-order valence-electron chi connectivity index (χ2n) is 7.43. The number of nitrogens with zero attached hydrogens (tertiary/aromatic N) is 1. The summed E-state index contributed by atoms with van der Waals surface area (Å²) in [5.74, 6) is 0.680. The first-order chi connectivity index (χ1) is 11.7. The number of hydrogen-bond donors (Lipinski definition) is 2. The average molecular weight is 459 g/mol. The lowest BCUT2D eigenvalue weighted by Gasteiger charge is -2.43. The Morgan fingerprint density at radius 1 is 1.28 bits per heavy atom. The van der Waals surface area contributed by atoms with Gasteiger partial charge in [0.25, 0.3) is 0 Å². The molecule has 2 saturated heterocycles. The fourth-order valence-electron chi connectivity index (χ4n) is 4.39. The van der Waals surface area contributed by atoms with E-state index in [2.05, 4.69) is 15.6 Å². The highest BCUT2D eigenvalue weighted by Gasteiger charge is 2.42. The largest absolute Gasteiger partial charge is 0.373 e. The highest BCUT2D eigenvalue weighted by Crippen LogP contribution is 2.43. The normalized spacial score (nSPS) is 29.7. The van der Waals surface area contributed by atoms with E-state index in [0.717, 1.165) is 38.2 Å². The van der Waals surface area contributed by atoms with Crippen LogP contribution < -0.4 is 10.6 Å². The molecule has 2 N–H and O–H groups in total. The summed E-state index contributed by atoms with van der Waals surface area (Å²) >= 11 is 0. The molecule has 2 aliphatic heterocycles. The number of guanidine groups is 1. The predicted molar refractivity (Wildman–Crippen MR) is 108 cm³/mol. The molecule has 0 radical (unpaired) electrons. The third-order valence-electron chi connectivity index (χ3n) is 6.01. The quantitative estimate of drug-likeness (QED) is 0.413. The molecule has 138 valence electrons. The summed E-state index contributed by atoms with van der Waals surface area (Å²) in [6.07, 6.45) is 7.70. The molecule has 0 amide bonds. The molecule has 1 aromatic carbocycles. The van der Waals surface area contributed by atoms with Crippen LogP contribution in [0.25, 0.3) is 0 Å². The first-order valence-electron chi connectivity index (χ1n) is 9.07. The number of fused-ring (bicyclic) bond motifs is 2. The van der Waals surface area contributed by atoms with Gasteiger partial charge in [0.1, 0.15) is 5.82 Å². The Morgan fingerprint density at radius 3 is 2.56 bits per heavy atom. The minimum atomic E-state index is -0.171. The highest BCUT2D eigenvalue weighted by molar-refractivity contribution is 14.0. The van der Waals surface area contributed by atoms with Crippen LogP contribution in [0.5, 0.6) is 0 Å². The summed E-state index contributed by atoms with van der Waals surface area (Å²) in [4.78, 5) is 4.38. The van der Waals surface area contributed by atoms with Crippen LogP contribution >= 0.6 is 24.0 Å². The first-order valence-corrected chi connectivity index (χ1v) is 9.07. The second-order valence-corrected chi connectivity index (χ2v) is 7.43. The number of nitrogens with one attached hydrogen (secondary N) is 2. The highest BCUT2D eigenvalue weighted by atomic mass is 127. The van der Waals surface area contributed by atoms with Crippen LogP contribution in [-0.2, 0) is 10.2 Å². The minimum Gasteiger partial charge on any atom is -0.373 e. The zero-order valence-electron chi connectivity index (χ0n) is 14.6. The maximum Gasteiger partial charge on any atom is 0.191 e. The predicted octanol–water partition coefficient (Wildman–Crippen LogP) is 3.35. The van der Waals surface area contributed by atoms with E-state index < -0.39 is 0 Å². The minimum absolute atomic E-state index is 0. The van der Waals surface area contributed by atoms with Crippen LogP contribution in [0.4, 0.5) is 4.39 Å². The van der Waals surface area contributed by atoms with Gasteiger partial charge < -0.3 is 15.4 Å². The molecule has 0 spiro atoms. The summed E-state index contributed by atoms with van der Waals surface area (Å²) < 4.78 is 19.1. The fraction of sp³-hybridized carbons (Fsp3) is 0.632. The monoisotopic (exact) mass is 459 g/mol. The molecule has 3 aliphatic rings. The van der Waals surface area contributed by atoms with Crippen LogP contribution in [0.15, 0.2) is 29.3 Å². The molecule has 2 bridgehead atoms. The topological polar surface area (TPSA) is 45.7 Å². The molecule has 25 heavy (non-hydrogen) atoms. The molecule has 3 fully saturated rings. The first kappa shape index (κ1) is 18.9. The van der Waals surface area contributed by atoms with E-state index in [9.17, 15) is 4.39 Å². The van der Waals surface area contributed by atoms with Gasteiger partial charge in [0, 0.05) is 19.0 Å². The van der Waals surface area contributed by atoms with Crippen LogP contribution in [0.1, 0.15) is 44.1 Å². The Morgan fingerprint density at radius 2 is 2.04 bits per heavy atom. The van der Waals surface area contributed by atoms with Crippen LogP contribution in [0.2, 0.25) is 0 Å². The van der Waals surface area contributed by atoms with Crippen molar-refractivity contribution in [2.45, 2.75) is 62.2 Å². The Hall–Kier alpha value is -0.890. The molecule has 3 unspecified atom stereocenters. The van der Waals surface area contributed by atoms with Crippen molar-refractivity contribution in [2.24, 2.45) is 4.99 Å². The zero-order valence-corrected chi connectivity index (χ0v) is 17.0. The van der Waals surface area contributed by atoms with Crippen molar-refractivity contribution in [3.05, 3.63) is 35.6 Å². The van der Waals surface area contributed by atoms with Crippen LogP contribution in [-0.4, -0.2) is 37.8 Å². The van der Waals surface area contributed by atoms with Crippen molar-refractivity contribution in [3.8, 4) is 0 Å². The van der Waals surface area contributed by atoms with E-state index in [4.69, 9.17) is 4.74 Å². The van der Waals surface area contributed by atoms with E-state index in [-0.39, 0.29) is 35.2 Å². The van der Waals surface area contributed by atoms with Crippen molar-refractivity contribution in [2.75, 3.05) is 13.6 Å². The fourth-order valence-corrected chi connectivity index (χ4v) is 4.39. The van der Waals surface area contributed by atoms with Gasteiger partial charge in [-0.3, -0.25) is 4.99 Å².